The monoisotopic (exact) mass is 565 g/mol. The molecule has 4 heterocycles. The van der Waals surface area contributed by atoms with Crippen LogP contribution in [-0.2, 0) is 28.7 Å². The van der Waals surface area contributed by atoms with E-state index in [0.29, 0.717) is 81.7 Å². The first kappa shape index (κ1) is 26.4. The summed E-state index contributed by atoms with van der Waals surface area (Å²) in [7, 11) is -2.77. The fourth-order valence-corrected chi connectivity index (χ4v) is 7.25. The lowest BCUT2D eigenvalue weighted by Gasteiger charge is -2.24. The molecule has 12 heteroatoms. The molecule has 40 heavy (non-hydrogen) atoms. The summed E-state index contributed by atoms with van der Waals surface area (Å²) in [4.78, 5) is 12.6. The zero-order valence-electron chi connectivity index (χ0n) is 22.2. The second-order valence-corrected chi connectivity index (χ2v) is 13.1. The molecule has 2 aliphatic heterocycles. The number of benzene rings is 2. The number of aromatic nitrogens is 4. The maximum atomic E-state index is 14.4. The van der Waals surface area contributed by atoms with Crippen LogP contribution < -0.4 is 24.7 Å². The van der Waals surface area contributed by atoms with E-state index < -0.39 is 7.14 Å². The normalized spacial score (nSPS) is 14.4. The molecule has 0 aliphatic carbocycles. The summed E-state index contributed by atoms with van der Waals surface area (Å²) < 4.78 is 45.6. The molecule has 6 rings (SSSR count). The Kier molecular flexibility index (Phi) is 7.75. The Morgan fingerprint density at radius 3 is 2.12 bits per heavy atom. The molecule has 0 atom stereocenters. The molecule has 210 valence electrons. The van der Waals surface area contributed by atoms with Gasteiger partial charge in [0.15, 0.2) is 34.5 Å². The SMILES string of the molecule is Nc1ncnc2c1ncn2CCOCP(=O)(CCc1cccc2c1OCCO2)CCc1cccc2c1OCCO2. The number of hydrogen-bond acceptors (Lipinski definition) is 10. The van der Waals surface area contributed by atoms with Gasteiger partial charge in [0.25, 0.3) is 0 Å². The van der Waals surface area contributed by atoms with Gasteiger partial charge in [0.05, 0.1) is 19.3 Å². The minimum Gasteiger partial charge on any atom is -0.486 e. The summed E-state index contributed by atoms with van der Waals surface area (Å²) in [5, 5.41) is 0. The van der Waals surface area contributed by atoms with Gasteiger partial charge < -0.3 is 38.6 Å². The number of anilines is 1. The molecule has 4 aromatic rings. The number of fused-ring (bicyclic) bond motifs is 3. The zero-order valence-corrected chi connectivity index (χ0v) is 23.1. The molecule has 0 saturated heterocycles. The first-order valence-corrected chi connectivity index (χ1v) is 15.7. The average molecular weight is 566 g/mol. The minimum absolute atomic E-state index is 0.162. The van der Waals surface area contributed by atoms with Gasteiger partial charge in [-0.2, -0.15) is 0 Å². The zero-order chi connectivity index (χ0) is 27.4. The molecule has 0 radical (unpaired) electrons. The molecule has 2 aromatic heterocycles. The smallest absolute Gasteiger partial charge is 0.165 e. The molecule has 0 spiro atoms. The van der Waals surface area contributed by atoms with Crippen molar-refractivity contribution in [3.8, 4) is 23.0 Å². The van der Waals surface area contributed by atoms with Crippen LogP contribution in [0.3, 0.4) is 0 Å². The minimum atomic E-state index is -2.77. The van der Waals surface area contributed by atoms with E-state index in [2.05, 4.69) is 15.0 Å². The van der Waals surface area contributed by atoms with Gasteiger partial charge in [-0.3, -0.25) is 0 Å². The van der Waals surface area contributed by atoms with Crippen molar-refractivity contribution in [2.45, 2.75) is 19.4 Å². The number of nitrogen functional groups attached to an aromatic ring is 1. The van der Waals surface area contributed by atoms with Gasteiger partial charge in [0.1, 0.15) is 45.4 Å². The van der Waals surface area contributed by atoms with Crippen LogP contribution in [0.4, 0.5) is 5.82 Å². The summed E-state index contributed by atoms with van der Waals surface area (Å²) in [6.07, 6.45) is 5.41. The van der Waals surface area contributed by atoms with Crippen LogP contribution in [0, 0.1) is 0 Å². The molecule has 0 unspecified atom stereocenters. The van der Waals surface area contributed by atoms with Crippen LogP contribution in [0.5, 0.6) is 23.0 Å². The van der Waals surface area contributed by atoms with E-state index >= 15 is 0 Å². The lowest BCUT2D eigenvalue weighted by atomic mass is 10.1. The molecule has 0 bridgehead atoms. The molecule has 2 aliphatic rings. The third kappa shape index (κ3) is 5.71. The van der Waals surface area contributed by atoms with Crippen LogP contribution in [0.2, 0.25) is 0 Å². The van der Waals surface area contributed by atoms with Crippen molar-refractivity contribution in [1.29, 1.82) is 0 Å². The molecule has 0 fully saturated rings. The number of ether oxygens (including phenoxy) is 5. The highest BCUT2D eigenvalue weighted by molar-refractivity contribution is 7.63. The van der Waals surface area contributed by atoms with E-state index in [1.54, 1.807) is 6.33 Å². The Morgan fingerprint density at radius 2 is 1.48 bits per heavy atom. The van der Waals surface area contributed by atoms with Crippen molar-refractivity contribution in [2.75, 3.05) is 57.4 Å². The molecular formula is C28H32N5O6P. The van der Waals surface area contributed by atoms with E-state index in [9.17, 15) is 4.57 Å². The van der Waals surface area contributed by atoms with Crippen molar-refractivity contribution < 1.29 is 28.2 Å². The van der Waals surface area contributed by atoms with Gasteiger partial charge in [-0.1, -0.05) is 24.3 Å². The average Bonchev–Trinajstić information content (AvgIpc) is 3.41. The highest BCUT2D eigenvalue weighted by atomic mass is 31.2. The van der Waals surface area contributed by atoms with Gasteiger partial charge in [0, 0.05) is 18.9 Å². The largest absolute Gasteiger partial charge is 0.486 e. The van der Waals surface area contributed by atoms with Gasteiger partial charge >= 0.3 is 0 Å². The summed E-state index contributed by atoms with van der Waals surface area (Å²) >= 11 is 0. The van der Waals surface area contributed by atoms with Gasteiger partial charge in [-0.25, -0.2) is 15.0 Å². The van der Waals surface area contributed by atoms with Gasteiger partial charge in [-0.15, -0.1) is 0 Å². The summed E-state index contributed by atoms with van der Waals surface area (Å²) in [5.41, 5.74) is 9.09. The van der Waals surface area contributed by atoms with Gasteiger partial charge in [-0.05, 0) is 36.1 Å². The first-order valence-electron chi connectivity index (χ1n) is 13.4. The second-order valence-electron chi connectivity index (χ2n) is 9.79. The van der Waals surface area contributed by atoms with Crippen molar-refractivity contribution >= 4 is 24.1 Å². The van der Waals surface area contributed by atoms with Crippen LogP contribution in [0.25, 0.3) is 11.2 Å². The fourth-order valence-electron chi connectivity index (χ4n) is 5.01. The lowest BCUT2D eigenvalue weighted by molar-refractivity contribution is 0.166. The van der Waals surface area contributed by atoms with Crippen molar-refractivity contribution in [2.24, 2.45) is 0 Å². The van der Waals surface area contributed by atoms with Crippen molar-refractivity contribution in [3.63, 3.8) is 0 Å². The van der Waals surface area contributed by atoms with E-state index in [1.807, 2.05) is 41.0 Å². The molecule has 0 amide bonds. The first-order chi connectivity index (χ1) is 19.6. The van der Waals surface area contributed by atoms with Gasteiger partial charge in [0.2, 0.25) is 0 Å². The summed E-state index contributed by atoms with van der Waals surface area (Å²) in [6.45, 7) is 2.93. The molecular weight excluding hydrogens is 533 g/mol. The lowest BCUT2D eigenvalue weighted by Crippen LogP contribution is -2.18. The van der Waals surface area contributed by atoms with Crippen molar-refractivity contribution in [1.82, 2.24) is 19.5 Å². The third-order valence-electron chi connectivity index (χ3n) is 7.11. The number of nitrogens with zero attached hydrogens (tertiary/aromatic N) is 4. The maximum absolute atomic E-state index is 14.4. The van der Waals surface area contributed by atoms with E-state index in [4.69, 9.17) is 29.4 Å². The van der Waals surface area contributed by atoms with E-state index in [-0.39, 0.29) is 6.35 Å². The predicted molar refractivity (Wildman–Crippen MR) is 150 cm³/mol. The quantitative estimate of drug-likeness (QED) is 0.212. The second kappa shape index (κ2) is 11.7. The van der Waals surface area contributed by atoms with Crippen LogP contribution in [0.1, 0.15) is 11.1 Å². The predicted octanol–water partition coefficient (Wildman–Crippen LogP) is 3.77. The maximum Gasteiger partial charge on any atom is 0.165 e. The Balaban J connectivity index is 1.15. The fraction of sp³-hybridized carbons (Fsp3) is 0.393. The Labute approximate surface area is 232 Å². The number of nitrogens with two attached hydrogens (primary N) is 1. The number of aryl methyl sites for hydroxylation is 2. The highest BCUT2D eigenvalue weighted by Gasteiger charge is 2.26. The molecule has 2 N–H and O–H groups in total. The number of imidazole rings is 1. The number of hydrogen-bond donors (Lipinski definition) is 1. The standard InChI is InChI=1S/C28H32N5O6P/c29-27-24-28(31-17-30-27)33(18-32-24)9-10-35-19-40(34,15-7-20-3-1-5-22-25(20)38-13-11-36-22)16-8-21-4-2-6-23-26(21)39-14-12-37-23/h1-6,17-18H,7-16,19H2,(H2,29,30,31). The third-order valence-corrected chi connectivity index (χ3v) is 9.84. The van der Waals surface area contributed by atoms with Crippen LogP contribution >= 0.6 is 7.14 Å². The van der Waals surface area contributed by atoms with Crippen LogP contribution in [0.15, 0.2) is 49.1 Å². The number of rotatable bonds is 11. The van der Waals surface area contributed by atoms with E-state index in [1.165, 1.54) is 6.33 Å². The highest BCUT2D eigenvalue weighted by Crippen LogP contribution is 2.48. The summed E-state index contributed by atoms with van der Waals surface area (Å²) in [6, 6.07) is 11.7. The Bertz CT molecular complexity index is 1480. The molecule has 2 aromatic carbocycles. The molecule has 0 saturated carbocycles. The Hall–Kier alpha value is -3.82. The topological polar surface area (TPSA) is 133 Å². The molecule has 11 nitrogen and oxygen atoms in total. The van der Waals surface area contributed by atoms with Crippen LogP contribution in [-0.4, -0.2) is 71.2 Å². The summed E-state index contributed by atoms with van der Waals surface area (Å²) in [5.74, 6) is 3.30. The van der Waals surface area contributed by atoms with Crippen molar-refractivity contribution in [3.05, 3.63) is 60.2 Å². The number of para-hydroxylation sites is 2. The Morgan fingerprint density at radius 1 is 0.850 bits per heavy atom. The van der Waals surface area contributed by atoms with E-state index in [0.717, 1.165) is 34.1 Å².